The molecule has 168 valence electrons. The number of hydrogen-bond acceptors (Lipinski definition) is 4. The molecule has 6 nitrogen and oxygen atoms in total. The van der Waals surface area contributed by atoms with Gasteiger partial charge in [-0.05, 0) is 72.1 Å². The Morgan fingerprint density at radius 1 is 0.818 bits per heavy atom. The van der Waals surface area contributed by atoms with Gasteiger partial charge in [0.05, 0.1) is 10.6 Å². The minimum Gasteiger partial charge on any atom is -0.484 e. The van der Waals surface area contributed by atoms with Crippen molar-refractivity contribution in [3.63, 3.8) is 0 Å². The molecule has 4 rings (SSSR count). The Kier molecular flexibility index (Phi) is 6.33. The van der Waals surface area contributed by atoms with Gasteiger partial charge in [-0.1, -0.05) is 48.5 Å². The highest BCUT2D eigenvalue weighted by molar-refractivity contribution is 7.92. The molecular formula is C26H24N2O4S. The molecule has 0 aromatic heterocycles. The van der Waals surface area contributed by atoms with Gasteiger partial charge in [-0.15, -0.1) is 0 Å². The van der Waals surface area contributed by atoms with Crippen molar-refractivity contribution in [3.05, 3.63) is 96.1 Å². The number of hydrogen-bond donors (Lipinski definition) is 2. The van der Waals surface area contributed by atoms with E-state index in [0.29, 0.717) is 17.1 Å². The SMILES string of the molecule is Cc1cccc(C)c1NS(=O)(=O)c1ccc(NC(=O)COc2ccc3ccccc3c2)cc1. The van der Waals surface area contributed by atoms with Gasteiger partial charge < -0.3 is 10.1 Å². The number of nitrogens with one attached hydrogen (secondary N) is 2. The molecule has 0 radical (unpaired) electrons. The third-order valence-corrected chi connectivity index (χ3v) is 6.62. The lowest BCUT2D eigenvalue weighted by atomic mass is 10.1. The first kappa shape index (κ1) is 22.4. The third-order valence-electron chi connectivity index (χ3n) is 5.26. The van der Waals surface area contributed by atoms with E-state index in [0.717, 1.165) is 21.9 Å². The first-order valence-corrected chi connectivity index (χ1v) is 11.9. The van der Waals surface area contributed by atoms with Crippen molar-refractivity contribution >= 4 is 38.1 Å². The van der Waals surface area contributed by atoms with E-state index in [1.165, 1.54) is 12.1 Å². The molecule has 4 aromatic rings. The molecular weight excluding hydrogens is 436 g/mol. The average Bonchev–Trinajstić information content (AvgIpc) is 2.80. The lowest BCUT2D eigenvalue weighted by molar-refractivity contribution is -0.118. The summed E-state index contributed by atoms with van der Waals surface area (Å²) in [5.74, 6) is 0.260. The fourth-order valence-corrected chi connectivity index (χ4v) is 4.69. The van der Waals surface area contributed by atoms with Crippen LogP contribution >= 0.6 is 0 Å². The largest absolute Gasteiger partial charge is 0.484 e. The molecule has 0 aliphatic heterocycles. The van der Waals surface area contributed by atoms with Crippen molar-refractivity contribution in [2.45, 2.75) is 18.7 Å². The summed E-state index contributed by atoms with van der Waals surface area (Å²) >= 11 is 0. The quantitative estimate of drug-likeness (QED) is 0.393. The highest BCUT2D eigenvalue weighted by Crippen LogP contribution is 2.24. The number of benzene rings is 4. The molecule has 2 N–H and O–H groups in total. The summed E-state index contributed by atoms with van der Waals surface area (Å²) < 4.78 is 33.8. The normalized spacial score (nSPS) is 11.2. The van der Waals surface area contributed by atoms with Crippen molar-refractivity contribution in [2.75, 3.05) is 16.6 Å². The molecule has 0 saturated heterocycles. The summed E-state index contributed by atoms with van der Waals surface area (Å²) in [5.41, 5.74) is 2.73. The van der Waals surface area contributed by atoms with Crippen LogP contribution in [0.15, 0.2) is 89.8 Å². The zero-order valence-corrected chi connectivity index (χ0v) is 19.1. The number of rotatable bonds is 7. The van der Waals surface area contributed by atoms with Gasteiger partial charge >= 0.3 is 0 Å². The maximum Gasteiger partial charge on any atom is 0.262 e. The molecule has 7 heteroatoms. The molecule has 0 fully saturated rings. The lowest BCUT2D eigenvalue weighted by Gasteiger charge is -2.13. The number of anilines is 2. The first-order valence-electron chi connectivity index (χ1n) is 10.4. The topological polar surface area (TPSA) is 84.5 Å². The van der Waals surface area contributed by atoms with Gasteiger partial charge in [0, 0.05) is 5.69 Å². The molecule has 0 unspecified atom stereocenters. The smallest absolute Gasteiger partial charge is 0.262 e. The number of ether oxygens (including phenoxy) is 1. The Balaban J connectivity index is 1.37. The van der Waals surface area contributed by atoms with Crippen LogP contribution in [-0.4, -0.2) is 20.9 Å². The van der Waals surface area contributed by atoms with Gasteiger partial charge in [0.25, 0.3) is 15.9 Å². The van der Waals surface area contributed by atoms with E-state index >= 15 is 0 Å². The Hall–Kier alpha value is -3.84. The van der Waals surface area contributed by atoms with E-state index < -0.39 is 10.0 Å². The summed E-state index contributed by atoms with van der Waals surface area (Å²) in [4.78, 5) is 12.4. The van der Waals surface area contributed by atoms with Crippen LogP contribution in [0.2, 0.25) is 0 Å². The van der Waals surface area contributed by atoms with Crippen LogP contribution in [0.1, 0.15) is 11.1 Å². The van der Waals surface area contributed by atoms with E-state index in [9.17, 15) is 13.2 Å². The van der Waals surface area contributed by atoms with Crippen LogP contribution in [0.3, 0.4) is 0 Å². The standard InChI is InChI=1S/C26H24N2O4S/c1-18-6-5-7-19(2)26(18)28-33(30,31)24-14-11-22(12-15-24)27-25(29)17-32-23-13-10-20-8-3-4-9-21(20)16-23/h3-16,28H,17H2,1-2H3,(H,27,29). The van der Waals surface area contributed by atoms with Gasteiger partial charge in [0.15, 0.2) is 6.61 Å². The van der Waals surface area contributed by atoms with Crippen molar-refractivity contribution in [1.29, 1.82) is 0 Å². The minimum absolute atomic E-state index is 0.107. The molecule has 0 atom stereocenters. The summed E-state index contributed by atoms with van der Waals surface area (Å²) in [6.45, 7) is 3.54. The molecule has 1 amide bonds. The number of para-hydroxylation sites is 1. The molecule has 33 heavy (non-hydrogen) atoms. The first-order chi connectivity index (χ1) is 15.8. The van der Waals surface area contributed by atoms with Crippen LogP contribution < -0.4 is 14.8 Å². The maximum atomic E-state index is 12.8. The average molecular weight is 461 g/mol. The van der Waals surface area contributed by atoms with Crippen LogP contribution in [0.4, 0.5) is 11.4 Å². The third kappa shape index (κ3) is 5.32. The summed E-state index contributed by atoms with van der Waals surface area (Å²) in [7, 11) is -3.76. The predicted octanol–water partition coefficient (Wildman–Crippen LogP) is 5.27. The predicted molar refractivity (Wildman–Crippen MR) is 131 cm³/mol. The molecule has 0 spiro atoms. The number of sulfonamides is 1. The van der Waals surface area contributed by atoms with Gasteiger partial charge in [0.2, 0.25) is 0 Å². The summed E-state index contributed by atoms with van der Waals surface area (Å²) in [5, 5.41) is 4.84. The molecule has 4 aromatic carbocycles. The Bertz CT molecular complexity index is 1390. The van der Waals surface area contributed by atoms with Crippen LogP contribution in [0.25, 0.3) is 10.8 Å². The van der Waals surface area contributed by atoms with Gasteiger partial charge in [-0.2, -0.15) is 0 Å². The van der Waals surface area contributed by atoms with Crippen LogP contribution in [-0.2, 0) is 14.8 Å². The lowest BCUT2D eigenvalue weighted by Crippen LogP contribution is -2.20. The second-order valence-corrected chi connectivity index (χ2v) is 9.42. The van der Waals surface area contributed by atoms with Gasteiger partial charge in [-0.3, -0.25) is 9.52 Å². The van der Waals surface area contributed by atoms with Crippen molar-refractivity contribution in [1.82, 2.24) is 0 Å². The number of amides is 1. The van der Waals surface area contributed by atoms with E-state index in [1.54, 1.807) is 12.1 Å². The second kappa shape index (κ2) is 9.34. The van der Waals surface area contributed by atoms with Crippen molar-refractivity contribution < 1.29 is 17.9 Å². The van der Waals surface area contributed by atoms with E-state index in [4.69, 9.17) is 4.74 Å². The number of aryl methyl sites for hydroxylation is 2. The summed E-state index contributed by atoms with van der Waals surface area (Å²) in [6.07, 6.45) is 0. The maximum absolute atomic E-state index is 12.8. The van der Waals surface area contributed by atoms with E-state index in [2.05, 4.69) is 10.0 Å². The Morgan fingerprint density at radius 2 is 1.48 bits per heavy atom. The molecule has 0 bridgehead atoms. The fraction of sp³-hybridized carbons (Fsp3) is 0.115. The highest BCUT2D eigenvalue weighted by atomic mass is 32.2. The van der Waals surface area contributed by atoms with Crippen LogP contribution in [0.5, 0.6) is 5.75 Å². The van der Waals surface area contributed by atoms with Crippen LogP contribution in [0, 0.1) is 13.8 Å². The molecule has 0 aliphatic carbocycles. The van der Waals surface area contributed by atoms with E-state index in [-0.39, 0.29) is 17.4 Å². The van der Waals surface area contributed by atoms with Crippen molar-refractivity contribution in [2.24, 2.45) is 0 Å². The van der Waals surface area contributed by atoms with Gasteiger partial charge in [0.1, 0.15) is 5.75 Å². The van der Waals surface area contributed by atoms with Gasteiger partial charge in [-0.25, -0.2) is 8.42 Å². The zero-order valence-electron chi connectivity index (χ0n) is 18.3. The number of fused-ring (bicyclic) bond motifs is 1. The molecule has 0 saturated carbocycles. The fourth-order valence-electron chi connectivity index (χ4n) is 3.49. The molecule has 0 heterocycles. The summed E-state index contributed by atoms with van der Waals surface area (Å²) in [6, 6.07) is 25.1. The number of carbonyl (C=O) groups is 1. The molecule has 0 aliphatic rings. The minimum atomic E-state index is -3.76. The zero-order chi connectivity index (χ0) is 23.4. The highest BCUT2D eigenvalue weighted by Gasteiger charge is 2.16. The van der Waals surface area contributed by atoms with Crippen molar-refractivity contribution in [3.8, 4) is 5.75 Å². The number of carbonyl (C=O) groups excluding carboxylic acids is 1. The second-order valence-electron chi connectivity index (χ2n) is 7.74. The monoisotopic (exact) mass is 460 g/mol. The Morgan fingerprint density at radius 3 is 2.18 bits per heavy atom. The van der Waals surface area contributed by atoms with E-state index in [1.807, 2.05) is 74.5 Å². The Labute approximate surface area is 193 Å².